The van der Waals surface area contributed by atoms with Crippen LogP contribution in [0.15, 0.2) is 0 Å². The van der Waals surface area contributed by atoms with E-state index in [4.69, 9.17) is 0 Å². The van der Waals surface area contributed by atoms with Gasteiger partial charge in [-0.25, -0.2) is 0 Å². The van der Waals surface area contributed by atoms with Crippen LogP contribution in [-0.4, -0.2) is 61.5 Å². The standard InChI is InChI=1S/C12H23N3O/c1-13-7-11-8-15(9-12(16)14(11)2)10-5-3-4-6-10/h10-11,13H,3-9H2,1-2H3. The lowest BCUT2D eigenvalue weighted by atomic mass is 10.1. The number of hydrogen-bond acceptors (Lipinski definition) is 3. The maximum absolute atomic E-state index is 11.9. The van der Waals surface area contributed by atoms with Crippen molar-refractivity contribution in [1.29, 1.82) is 0 Å². The summed E-state index contributed by atoms with van der Waals surface area (Å²) in [6.07, 6.45) is 5.23. The number of likely N-dealkylation sites (N-methyl/N-ethyl adjacent to an activating group) is 2. The molecule has 1 N–H and O–H groups in total. The zero-order chi connectivity index (χ0) is 11.5. The summed E-state index contributed by atoms with van der Waals surface area (Å²) in [5, 5.41) is 3.18. The van der Waals surface area contributed by atoms with Gasteiger partial charge in [0.1, 0.15) is 0 Å². The lowest BCUT2D eigenvalue weighted by molar-refractivity contribution is -0.138. The molecule has 1 saturated heterocycles. The van der Waals surface area contributed by atoms with Gasteiger partial charge < -0.3 is 10.2 Å². The first kappa shape index (κ1) is 11.9. The van der Waals surface area contributed by atoms with E-state index in [9.17, 15) is 4.79 Å². The minimum absolute atomic E-state index is 0.276. The van der Waals surface area contributed by atoms with Crippen molar-refractivity contribution in [3.63, 3.8) is 0 Å². The highest BCUT2D eigenvalue weighted by molar-refractivity contribution is 5.79. The number of nitrogens with zero attached hydrogens (tertiary/aromatic N) is 2. The zero-order valence-corrected chi connectivity index (χ0v) is 10.4. The molecule has 4 nitrogen and oxygen atoms in total. The summed E-state index contributed by atoms with van der Waals surface area (Å²) in [5.74, 6) is 0.276. The first-order chi connectivity index (χ1) is 7.72. The monoisotopic (exact) mass is 225 g/mol. The van der Waals surface area contributed by atoms with Crippen molar-refractivity contribution >= 4 is 5.91 Å². The molecule has 2 rings (SSSR count). The second-order valence-electron chi connectivity index (χ2n) is 5.08. The van der Waals surface area contributed by atoms with Gasteiger partial charge in [-0.05, 0) is 19.9 Å². The van der Waals surface area contributed by atoms with Crippen molar-refractivity contribution in [2.24, 2.45) is 0 Å². The predicted octanol–water partition coefficient (Wildman–Crippen LogP) is 0.291. The number of amides is 1. The molecule has 0 bridgehead atoms. The average Bonchev–Trinajstić information content (AvgIpc) is 2.78. The summed E-state index contributed by atoms with van der Waals surface area (Å²) in [5.41, 5.74) is 0. The molecule has 0 aromatic carbocycles. The fraction of sp³-hybridized carbons (Fsp3) is 0.917. The Morgan fingerprint density at radius 1 is 1.38 bits per heavy atom. The maximum atomic E-state index is 11.9. The van der Waals surface area contributed by atoms with E-state index in [1.54, 1.807) is 0 Å². The lowest BCUT2D eigenvalue weighted by Gasteiger charge is -2.41. The molecule has 1 atom stereocenters. The van der Waals surface area contributed by atoms with Crippen LogP contribution in [0.2, 0.25) is 0 Å². The van der Waals surface area contributed by atoms with Gasteiger partial charge in [-0.1, -0.05) is 12.8 Å². The molecule has 0 spiro atoms. The Balaban J connectivity index is 1.97. The van der Waals surface area contributed by atoms with Crippen molar-refractivity contribution in [2.45, 2.75) is 37.8 Å². The average molecular weight is 225 g/mol. The number of hydrogen-bond donors (Lipinski definition) is 1. The fourth-order valence-corrected chi connectivity index (χ4v) is 2.93. The summed E-state index contributed by atoms with van der Waals surface area (Å²) >= 11 is 0. The Morgan fingerprint density at radius 3 is 2.69 bits per heavy atom. The highest BCUT2D eigenvalue weighted by Crippen LogP contribution is 2.25. The van der Waals surface area contributed by atoms with E-state index in [1.165, 1.54) is 25.7 Å². The van der Waals surface area contributed by atoms with Crippen molar-refractivity contribution < 1.29 is 4.79 Å². The fourth-order valence-electron chi connectivity index (χ4n) is 2.93. The third-order valence-corrected chi connectivity index (χ3v) is 4.01. The van der Waals surface area contributed by atoms with E-state index in [0.717, 1.165) is 13.1 Å². The molecule has 1 amide bonds. The van der Waals surface area contributed by atoms with Gasteiger partial charge in [0.25, 0.3) is 0 Å². The topological polar surface area (TPSA) is 35.6 Å². The van der Waals surface area contributed by atoms with Crippen LogP contribution in [-0.2, 0) is 4.79 Å². The third kappa shape index (κ3) is 2.38. The van der Waals surface area contributed by atoms with E-state index in [0.29, 0.717) is 18.6 Å². The van der Waals surface area contributed by atoms with Crippen molar-refractivity contribution in [1.82, 2.24) is 15.1 Å². The Kier molecular flexibility index (Phi) is 3.82. The van der Waals surface area contributed by atoms with Gasteiger partial charge in [0.05, 0.1) is 12.6 Å². The van der Waals surface area contributed by atoms with Gasteiger partial charge in [0.2, 0.25) is 5.91 Å². The molecule has 1 aliphatic heterocycles. The summed E-state index contributed by atoms with van der Waals surface area (Å²) in [7, 11) is 3.88. The summed E-state index contributed by atoms with van der Waals surface area (Å²) in [4.78, 5) is 16.2. The molecular formula is C12H23N3O. The van der Waals surface area contributed by atoms with Crippen LogP contribution >= 0.6 is 0 Å². The van der Waals surface area contributed by atoms with Crippen molar-refractivity contribution in [3.05, 3.63) is 0 Å². The SMILES string of the molecule is CNCC1CN(C2CCCC2)CC(=O)N1C. The summed E-state index contributed by atoms with van der Waals surface area (Å²) < 4.78 is 0. The van der Waals surface area contributed by atoms with E-state index in [2.05, 4.69) is 10.2 Å². The molecule has 1 saturated carbocycles. The molecule has 1 heterocycles. The molecular weight excluding hydrogens is 202 g/mol. The van der Waals surface area contributed by atoms with Crippen LogP contribution in [0.1, 0.15) is 25.7 Å². The first-order valence-electron chi connectivity index (χ1n) is 6.36. The molecule has 2 aliphatic rings. The van der Waals surface area contributed by atoms with E-state index >= 15 is 0 Å². The van der Waals surface area contributed by atoms with Crippen LogP contribution in [0.5, 0.6) is 0 Å². The van der Waals surface area contributed by atoms with E-state index < -0.39 is 0 Å². The minimum atomic E-state index is 0.276. The van der Waals surface area contributed by atoms with Gasteiger partial charge in [-0.3, -0.25) is 9.69 Å². The second-order valence-corrected chi connectivity index (χ2v) is 5.08. The maximum Gasteiger partial charge on any atom is 0.236 e. The quantitative estimate of drug-likeness (QED) is 0.750. The number of carbonyl (C=O) groups excluding carboxylic acids is 1. The highest BCUT2D eigenvalue weighted by Gasteiger charge is 2.33. The second kappa shape index (κ2) is 5.15. The van der Waals surface area contributed by atoms with E-state index in [-0.39, 0.29) is 5.91 Å². The van der Waals surface area contributed by atoms with Gasteiger partial charge in [0.15, 0.2) is 0 Å². The molecule has 0 radical (unpaired) electrons. The summed E-state index contributed by atoms with van der Waals surface area (Å²) in [6, 6.07) is 1.00. The smallest absolute Gasteiger partial charge is 0.236 e. The number of carbonyl (C=O) groups is 1. The Labute approximate surface area is 98.0 Å². The van der Waals surface area contributed by atoms with Gasteiger partial charge >= 0.3 is 0 Å². The minimum Gasteiger partial charge on any atom is -0.339 e. The van der Waals surface area contributed by atoms with Crippen LogP contribution in [0.3, 0.4) is 0 Å². The van der Waals surface area contributed by atoms with Crippen molar-refractivity contribution in [3.8, 4) is 0 Å². The number of rotatable bonds is 3. The molecule has 0 aromatic heterocycles. The Hall–Kier alpha value is -0.610. The number of piperazine rings is 1. The van der Waals surface area contributed by atoms with Crippen LogP contribution in [0, 0.1) is 0 Å². The van der Waals surface area contributed by atoms with Gasteiger partial charge in [-0.2, -0.15) is 0 Å². The van der Waals surface area contributed by atoms with Gasteiger partial charge in [0, 0.05) is 26.2 Å². The largest absolute Gasteiger partial charge is 0.339 e. The zero-order valence-electron chi connectivity index (χ0n) is 10.4. The van der Waals surface area contributed by atoms with Crippen molar-refractivity contribution in [2.75, 3.05) is 33.7 Å². The van der Waals surface area contributed by atoms with Crippen LogP contribution in [0.4, 0.5) is 0 Å². The molecule has 2 fully saturated rings. The first-order valence-corrected chi connectivity index (χ1v) is 6.36. The Bertz CT molecular complexity index is 251. The van der Waals surface area contributed by atoms with Crippen LogP contribution < -0.4 is 5.32 Å². The molecule has 4 heteroatoms. The normalized spacial score (nSPS) is 29.0. The van der Waals surface area contributed by atoms with E-state index in [1.807, 2.05) is 19.0 Å². The molecule has 1 aliphatic carbocycles. The molecule has 0 aromatic rings. The molecule has 1 unspecified atom stereocenters. The number of nitrogens with one attached hydrogen (secondary N) is 1. The Morgan fingerprint density at radius 2 is 2.06 bits per heavy atom. The molecule has 92 valence electrons. The predicted molar refractivity (Wildman–Crippen MR) is 64.3 cm³/mol. The van der Waals surface area contributed by atoms with Gasteiger partial charge in [-0.15, -0.1) is 0 Å². The summed E-state index contributed by atoms with van der Waals surface area (Å²) in [6.45, 7) is 2.56. The highest BCUT2D eigenvalue weighted by atomic mass is 16.2. The lowest BCUT2D eigenvalue weighted by Crippen LogP contribution is -2.59. The molecule has 16 heavy (non-hydrogen) atoms. The van der Waals surface area contributed by atoms with Crippen LogP contribution in [0.25, 0.3) is 0 Å². The third-order valence-electron chi connectivity index (χ3n) is 4.01.